The Bertz CT molecular complexity index is 1290. The van der Waals surface area contributed by atoms with E-state index in [0.29, 0.717) is 6.42 Å². The van der Waals surface area contributed by atoms with Crippen molar-refractivity contribution < 1.29 is 109 Å². The van der Waals surface area contributed by atoms with Crippen molar-refractivity contribution in [3.8, 4) is 0 Å². The third kappa shape index (κ3) is 10.5. The van der Waals surface area contributed by atoms with E-state index in [2.05, 4.69) is 5.32 Å². The topological polar surface area (TPSA) is 389 Å². The van der Waals surface area contributed by atoms with Crippen molar-refractivity contribution in [1.29, 1.82) is 0 Å². The van der Waals surface area contributed by atoms with Crippen LogP contribution in [0.1, 0.15) is 33.6 Å². The molecule has 0 aromatic heterocycles. The van der Waals surface area contributed by atoms with Gasteiger partial charge in [0.25, 0.3) is 5.79 Å². The number of carbonyl (C=O) groups is 2. The summed E-state index contributed by atoms with van der Waals surface area (Å²) in [5.74, 6) is -6.56. The number of rotatable bonds is 17. The zero-order valence-corrected chi connectivity index (χ0v) is 31.5. The summed E-state index contributed by atoms with van der Waals surface area (Å²) in [6, 6.07) is -1.39. The molecule has 4 aliphatic heterocycles. The highest BCUT2D eigenvalue weighted by Gasteiger charge is 2.60. The highest BCUT2D eigenvalue weighted by atomic mass is 16.8. The molecule has 4 saturated heterocycles. The van der Waals surface area contributed by atoms with Gasteiger partial charge in [-0.3, -0.25) is 4.79 Å². The number of hydrogen-bond donors (Lipinski definition) is 14. The number of carboxylic acid groups (broad SMARTS) is 1. The number of carboxylic acids is 1. The molecule has 21 atom stereocenters. The van der Waals surface area contributed by atoms with Crippen LogP contribution in [0.15, 0.2) is 0 Å². The van der Waals surface area contributed by atoms with Gasteiger partial charge in [-0.25, -0.2) is 4.79 Å². The zero-order valence-electron chi connectivity index (χ0n) is 31.5. The fourth-order valence-electron chi connectivity index (χ4n) is 7.18. The number of aliphatic carboxylic acids is 1. The molecule has 0 bridgehead atoms. The minimum Gasteiger partial charge on any atom is -0.477 e. The lowest BCUT2D eigenvalue weighted by Crippen LogP contribution is -2.70. The summed E-state index contributed by atoms with van der Waals surface area (Å²) in [5.41, 5.74) is 5.60. The van der Waals surface area contributed by atoms with Crippen LogP contribution < -0.4 is 11.1 Å². The maximum atomic E-state index is 12.8. The van der Waals surface area contributed by atoms with Crippen molar-refractivity contribution in [2.75, 3.05) is 33.0 Å². The van der Waals surface area contributed by atoms with Crippen molar-refractivity contribution in [2.45, 2.75) is 156 Å². The van der Waals surface area contributed by atoms with Gasteiger partial charge < -0.3 is 110 Å². The molecule has 0 spiro atoms. The van der Waals surface area contributed by atoms with E-state index in [-0.39, 0.29) is 13.2 Å². The van der Waals surface area contributed by atoms with Crippen molar-refractivity contribution >= 4 is 11.9 Å². The van der Waals surface area contributed by atoms with Gasteiger partial charge >= 0.3 is 5.97 Å². The Balaban J connectivity index is 1.72. The summed E-state index contributed by atoms with van der Waals surface area (Å²) >= 11 is 0. The van der Waals surface area contributed by atoms with E-state index in [4.69, 9.17) is 43.6 Å². The molecule has 4 heterocycles. The average Bonchev–Trinajstić information content (AvgIpc) is 3.17. The van der Waals surface area contributed by atoms with Crippen LogP contribution in [0, 0.1) is 5.92 Å². The minimum atomic E-state index is -2.95. The molecule has 0 aromatic rings. The molecule has 7 unspecified atom stereocenters. The number of ether oxygens (including phenoxy) is 8. The minimum absolute atomic E-state index is 0.0185. The molecule has 0 aliphatic carbocycles. The predicted octanol–water partition coefficient (Wildman–Crippen LogP) is -7.72. The number of carbonyl (C=O) groups excluding carboxylic acids is 1. The fourth-order valence-corrected chi connectivity index (χ4v) is 7.18. The van der Waals surface area contributed by atoms with Gasteiger partial charge in [-0.1, -0.05) is 6.92 Å². The molecule has 24 heteroatoms. The first-order chi connectivity index (χ1) is 26.9. The summed E-state index contributed by atoms with van der Waals surface area (Å²) in [4.78, 5) is 25.4. The summed E-state index contributed by atoms with van der Waals surface area (Å²) in [5, 5.41) is 129. The van der Waals surface area contributed by atoms with Gasteiger partial charge in [-0.15, -0.1) is 0 Å². The van der Waals surface area contributed by atoms with E-state index in [1.807, 2.05) is 0 Å². The zero-order chi connectivity index (χ0) is 42.5. The highest BCUT2D eigenvalue weighted by molar-refractivity contribution is 5.76. The summed E-state index contributed by atoms with van der Waals surface area (Å²) < 4.78 is 46.8. The van der Waals surface area contributed by atoms with Crippen LogP contribution in [0.3, 0.4) is 0 Å². The molecule has 332 valence electrons. The molecule has 0 aromatic carbocycles. The summed E-state index contributed by atoms with van der Waals surface area (Å²) in [7, 11) is 0. The van der Waals surface area contributed by atoms with Crippen molar-refractivity contribution in [1.82, 2.24) is 5.32 Å². The number of amides is 1. The first-order valence-corrected chi connectivity index (χ1v) is 18.6. The Morgan fingerprint density at radius 3 is 2.02 bits per heavy atom. The van der Waals surface area contributed by atoms with Gasteiger partial charge in [0.2, 0.25) is 5.91 Å². The molecular formula is C33H58N2O22. The van der Waals surface area contributed by atoms with E-state index >= 15 is 0 Å². The van der Waals surface area contributed by atoms with Crippen LogP contribution >= 0.6 is 0 Å². The Hall–Kier alpha value is -1.86. The molecule has 4 fully saturated rings. The Morgan fingerprint density at radius 2 is 1.44 bits per heavy atom. The van der Waals surface area contributed by atoms with Crippen LogP contribution in [0.2, 0.25) is 0 Å². The normalized spacial score (nSPS) is 45.2. The second-order valence-electron chi connectivity index (χ2n) is 14.6. The van der Waals surface area contributed by atoms with Gasteiger partial charge in [0, 0.05) is 19.3 Å². The Morgan fingerprint density at radius 1 is 0.825 bits per heavy atom. The van der Waals surface area contributed by atoms with E-state index in [0.717, 1.165) is 6.92 Å². The Labute approximate surface area is 326 Å². The van der Waals surface area contributed by atoms with Crippen LogP contribution in [-0.2, 0) is 47.5 Å². The fraction of sp³-hybridized carbons (Fsp3) is 0.939. The number of aliphatic hydroxyl groups excluding tert-OH is 11. The largest absolute Gasteiger partial charge is 0.477 e. The maximum absolute atomic E-state index is 12.8. The van der Waals surface area contributed by atoms with Crippen molar-refractivity contribution in [2.24, 2.45) is 11.7 Å². The van der Waals surface area contributed by atoms with Gasteiger partial charge in [-0.05, 0) is 19.9 Å². The van der Waals surface area contributed by atoms with Crippen LogP contribution in [-0.4, -0.2) is 228 Å². The van der Waals surface area contributed by atoms with E-state index < -0.39 is 166 Å². The van der Waals surface area contributed by atoms with Gasteiger partial charge in [0.15, 0.2) is 18.9 Å². The second-order valence-corrected chi connectivity index (χ2v) is 14.6. The maximum Gasteiger partial charge on any atom is 0.364 e. The van der Waals surface area contributed by atoms with Crippen LogP contribution in [0.25, 0.3) is 0 Å². The summed E-state index contributed by atoms with van der Waals surface area (Å²) in [6.07, 6.45) is -32.0. The van der Waals surface area contributed by atoms with Gasteiger partial charge in [-0.2, -0.15) is 0 Å². The number of nitrogens with two attached hydrogens (primary N) is 1. The second kappa shape index (κ2) is 20.6. The molecule has 4 aliphatic rings. The highest BCUT2D eigenvalue weighted by Crippen LogP contribution is 2.40. The molecule has 24 nitrogen and oxygen atoms in total. The lowest BCUT2D eigenvalue weighted by Gasteiger charge is -2.51. The molecule has 1 amide bonds. The predicted molar refractivity (Wildman–Crippen MR) is 182 cm³/mol. The first-order valence-electron chi connectivity index (χ1n) is 18.6. The molecular weight excluding hydrogens is 776 g/mol. The van der Waals surface area contributed by atoms with Gasteiger partial charge in [0.05, 0.1) is 44.7 Å². The quantitative estimate of drug-likeness (QED) is 0.0605. The number of hydrogen-bond acceptors (Lipinski definition) is 22. The standard InChI is InChI=1S/C33H58N2O22/c1-11-14(40)7-33(32(48)49,56-25(11)20(43)15(41)8-36)57-28-21(44)16(9-37)52-31(24(28)47)54-26-17(10-38)53-29(50-6-4-5-34)18(35-13(3)39)27(26)55-30-23(46)22(45)19(42)12(2)51-30/h11-12,14-31,36-38,40-47H,4-10,34H2,1-3H3,(H,35,39)(H,48,49)/t11-,12?,14-,15-,16+,17?,18?,19-,20-,21+,22+,23?,24?,25?,26-,27-,28?,29-,30+,31+,33+/m1/s1. The third-order valence-electron chi connectivity index (χ3n) is 10.5. The average molecular weight is 835 g/mol. The van der Waals surface area contributed by atoms with Gasteiger partial charge in [0.1, 0.15) is 79.3 Å². The SMILES string of the molecule is CC(=O)NC1[C@H](OCCCN)OC(CO)[C@@H](O[C@@H]2O[C@@H](CO)[C@H](O)C(O[C@]3(C(=O)O)C[C@@H](O)[C@@H](C)C([C@H](O)[C@H](O)CO)O3)C2O)[C@@H]1O[C@@H]1OC(C)[C@@H](O)[C@H](O)C1O. The van der Waals surface area contributed by atoms with Crippen molar-refractivity contribution in [3.63, 3.8) is 0 Å². The van der Waals surface area contributed by atoms with Crippen LogP contribution in [0.5, 0.6) is 0 Å². The molecule has 0 radical (unpaired) electrons. The Kier molecular flexibility index (Phi) is 17.3. The molecule has 4 rings (SSSR count). The lowest BCUT2D eigenvalue weighted by molar-refractivity contribution is -0.392. The van der Waals surface area contributed by atoms with Crippen molar-refractivity contribution in [3.05, 3.63) is 0 Å². The molecule has 0 saturated carbocycles. The third-order valence-corrected chi connectivity index (χ3v) is 10.5. The number of nitrogens with one attached hydrogen (secondary N) is 1. The molecule has 15 N–H and O–H groups in total. The number of aliphatic hydroxyl groups is 11. The summed E-state index contributed by atoms with van der Waals surface area (Å²) in [6.45, 7) is 1.22. The van der Waals surface area contributed by atoms with E-state index in [1.54, 1.807) is 0 Å². The van der Waals surface area contributed by atoms with Crippen LogP contribution in [0.4, 0.5) is 0 Å². The van der Waals surface area contributed by atoms with E-state index in [9.17, 15) is 70.9 Å². The lowest BCUT2D eigenvalue weighted by atomic mass is 9.84. The smallest absolute Gasteiger partial charge is 0.364 e. The monoisotopic (exact) mass is 834 g/mol. The molecule has 57 heavy (non-hydrogen) atoms. The first kappa shape index (κ1) is 47.8. The van der Waals surface area contributed by atoms with E-state index in [1.165, 1.54) is 13.8 Å².